The van der Waals surface area contributed by atoms with Gasteiger partial charge in [-0.3, -0.25) is 28.1 Å². The Kier molecular flexibility index (Phi) is 20.5. The van der Waals surface area contributed by atoms with E-state index >= 15 is 0 Å². The molecule has 0 aliphatic rings. The predicted octanol–water partition coefficient (Wildman–Crippen LogP) is 6.24. The standard InChI is InChI=1S/C7H12N2.5C6H11N3/c1-6(2)7-4-5-9(3)8-7;2*1-5(2)6-7-4-9(3)8-6;2*1-5(2)6-7-4-8-9(6)3;1-5(2)6-4-7-8-9(6)3/h4-6H,1-3H3;5*4-5H,1-3H3. The minimum Gasteiger partial charge on any atom is -0.276 e. The molecule has 0 bridgehead atoms. The molecule has 0 fully saturated rings. The molecule has 0 spiro atoms. The number of hydrogen-bond acceptors (Lipinski definition) is 11. The van der Waals surface area contributed by atoms with Crippen LogP contribution in [0.2, 0.25) is 0 Å². The third kappa shape index (κ3) is 17.2. The second-order valence-corrected chi connectivity index (χ2v) is 14.7. The predicted molar refractivity (Wildman–Crippen MR) is 213 cm³/mol. The van der Waals surface area contributed by atoms with Crippen molar-refractivity contribution in [1.82, 2.24) is 83.8 Å². The molecule has 17 nitrogen and oxygen atoms in total. The largest absolute Gasteiger partial charge is 0.276 e. The summed E-state index contributed by atoms with van der Waals surface area (Å²) in [6, 6.07) is 2.05. The summed E-state index contributed by atoms with van der Waals surface area (Å²) in [5, 5.41) is 27.9. The fourth-order valence-electron chi connectivity index (χ4n) is 4.46. The molecule has 6 rings (SSSR count). The van der Waals surface area contributed by atoms with Crippen molar-refractivity contribution in [3.05, 3.63) is 78.5 Å². The van der Waals surface area contributed by atoms with Gasteiger partial charge in [0.1, 0.15) is 37.0 Å². The lowest BCUT2D eigenvalue weighted by Crippen LogP contribution is -2.00. The Labute approximate surface area is 322 Å². The third-order valence-corrected chi connectivity index (χ3v) is 7.46. The summed E-state index contributed by atoms with van der Waals surface area (Å²) in [6.45, 7) is 25.2. The molecular weight excluding hydrogens is 683 g/mol. The van der Waals surface area contributed by atoms with E-state index in [2.05, 4.69) is 139 Å². The summed E-state index contributed by atoms with van der Waals surface area (Å²) in [5.74, 6) is 6.78. The maximum Gasteiger partial charge on any atom is 0.153 e. The molecule has 54 heavy (non-hydrogen) atoms. The summed E-state index contributed by atoms with van der Waals surface area (Å²) >= 11 is 0. The summed E-state index contributed by atoms with van der Waals surface area (Å²) < 4.78 is 10.7. The highest BCUT2D eigenvalue weighted by Gasteiger charge is 2.05. The SMILES string of the molecule is CC(C)c1ccn(C)n1.CC(C)c1cnnn1C.CC(C)c1ncn(C)n1.CC(C)c1ncn(C)n1.CC(C)c1ncnn1C.CC(C)c1ncnn1C. The fraction of sp³-hybridized carbons (Fsp3) is 0.649. The second kappa shape index (κ2) is 23.5. The van der Waals surface area contributed by atoms with E-state index in [0.717, 1.165) is 29.0 Å². The summed E-state index contributed by atoms with van der Waals surface area (Å²) in [7, 11) is 11.4. The number of aryl methyl sites for hydroxylation is 6. The van der Waals surface area contributed by atoms with Crippen molar-refractivity contribution < 1.29 is 0 Å². The molecule has 6 aromatic heterocycles. The highest BCUT2D eigenvalue weighted by molar-refractivity contribution is 5.03. The summed E-state index contributed by atoms with van der Waals surface area (Å²) in [6.07, 6.45) is 10.4. The number of nitrogens with zero attached hydrogens (tertiary/aromatic N) is 17. The highest BCUT2D eigenvalue weighted by atomic mass is 15.4. The molecule has 6 heterocycles. The van der Waals surface area contributed by atoms with Crippen LogP contribution in [0.5, 0.6) is 0 Å². The molecule has 0 unspecified atom stereocenters. The summed E-state index contributed by atoms with van der Waals surface area (Å²) in [4.78, 5) is 16.3. The van der Waals surface area contributed by atoms with Gasteiger partial charge >= 0.3 is 0 Å². The first kappa shape index (κ1) is 46.9. The lowest BCUT2D eigenvalue weighted by Gasteiger charge is -2.01. The van der Waals surface area contributed by atoms with Crippen LogP contribution in [0, 0.1) is 0 Å². The lowest BCUT2D eigenvalue weighted by atomic mass is 10.1. The van der Waals surface area contributed by atoms with E-state index in [-0.39, 0.29) is 0 Å². The molecule has 0 aromatic carbocycles. The van der Waals surface area contributed by atoms with Crippen molar-refractivity contribution in [2.45, 2.75) is 119 Å². The van der Waals surface area contributed by atoms with Crippen molar-refractivity contribution >= 4 is 0 Å². The molecule has 0 radical (unpaired) electrons. The van der Waals surface area contributed by atoms with Crippen LogP contribution < -0.4 is 0 Å². The van der Waals surface area contributed by atoms with Crippen LogP contribution in [0.25, 0.3) is 0 Å². The normalized spacial score (nSPS) is 10.7. The van der Waals surface area contributed by atoms with E-state index in [9.17, 15) is 0 Å². The van der Waals surface area contributed by atoms with E-state index in [4.69, 9.17) is 0 Å². The quantitative estimate of drug-likeness (QED) is 0.189. The molecule has 0 saturated carbocycles. The van der Waals surface area contributed by atoms with E-state index in [1.807, 2.05) is 59.2 Å². The van der Waals surface area contributed by atoms with Crippen molar-refractivity contribution in [1.29, 1.82) is 0 Å². The van der Waals surface area contributed by atoms with Crippen LogP contribution >= 0.6 is 0 Å². The highest BCUT2D eigenvalue weighted by Crippen LogP contribution is 2.11. The maximum atomic E-state index is 4.23. The van der Waals surface area contributed by atoms with Crippen LogP contribution in [0.15, 0.2) is 43.8 Å². The molecular formula is C37H67N17. The third-order valence-electron chi connectivity index (χ3n) is 7.46. The van der Waals surface area contributed by atoms with Crippen molar-refractivity contribution in [3.63, 3.8) is 0 Å². The van der Waals surface area contributed by atoms with Gasteiger partial charge < -0.3 is 0 Å². The van der Waals surface area contributed by atoms with Gasteiger partial charge in [0, 0.05) is 72.2 Å². The molecule has 0 amide bonds. The smallest absolute Gasteiger partial charge is 0.153 e. The van der Waals surface area contributed by atoms with Crippen LogP contribution in [0.4, 0.5) is 0 Å². The molecule has 0 atom stereocenters. The van der Waals surface area contributed by atoms with Gasteiger partial charge in [-0.1, -0.05) is 88.3 Å². The van der Waals surface area contributed by atoms with Gasteiger partial charge in [-0.25, -0.2) is 19.9 Å². The van der Waals surface area contributed by atoms with E-state index in [0.29, 0.717) is 35.5 Å². The van der Waals surface area contributed by atoms with Gasteiger partial charge in [-0.2, -0.15) is 25.5 Å². The molecule has 0 aliphatic carbocycles. The minimum absolute atomic E-state index is 0.436. The molecule has 17 heteroatoms. The van der Waals surface area contributed by atoms with Crippen molar-refractivity contribution in [2.75, 3.05) is 0 Å². The summed E-state index contributed by atoms with van der Waals surface area (Å²) in [5.41, 5.74) is 2.34. The van der Waals surface area contributed by atoms with Crippen LogP contribution in [-0.2, 0) is 42.3 Å². The Morgan fingerprint density at radius 2 is 0.907 bits per heavy atom. The molecule has 0 aliphatic heterocycles. The van der Waals surface area contributed by atoms with Crippen LogP contribution in [0.3, 0.4) is 0 Å². The van der Waals surface area contributed by atoms with Gasteiger partial charge in [-0.15, -0.1) is 5.10 Å². The Morgan fingerprint density at radius 1 is 0.463 bits per heavy atom. The Balaban J connectivity index is 0.000000324. The zero-order valence-corrected chi connectivity index (χ0v) is 36.1. The van der Waals surface area contributed by atoms with E-state index in [1.54, 1.807) is 54.9 Å². The van der Waals surface area contributed by atoms with Crippen molar-refractivity contribution in [2.24, 2.45) is 42.3 Å². The Morgan fingerprint density at radius 3 is 1.06 bits per heavy atom. The van der Waals surface area contributed by atoms with Gasteiger partial charge in [-0.05, 0) is 17.9 Å². The first-order valence-corrected chi connectivity index (χ1v) is 18.5. The Hall–Kier alpha value is -5.09. The first-order chi connectivity index (χ1) is 25.2. The fourth-order valence-corrected chi connectivity index (χ4v) is 4.46. The topological polar surface area (TPSA) is 171 Å². The lowest BCUT2D eigenvalue weighted by molar-refractivity contribution is 0.648. The molecule has 0 N–H and O–H groups in total. The average Bonchev–Trinajstić information content (AvgIpc) is 3.93. The Bertz CT molecular complexity index is 1610. The van der Waals surface area contributed by atoms with Crippen molar-refractivity contribution in [3.8, 4) is 0 Å². The van der Waals surface area contributed by atoms with Crippen LogP contribution in [0.1, 0.15) is 153 Å². The first-order valence-electron chi connectivity index (χ1n) is 18.5. The van der Waals surface area contributed by atoms with E-state index in [1.165, 1.54) is 5.69 Å². The number of aromatic nitrogens is 17. The van der Waals surface area contributed by atoms with Gasteiger partial charge in [0.25, 0.3) is 0 Å². The zero-order valence-electron chi connectivity index (χ0n) is 36.1. The molecule has 0 saturated heterocycles. The monoisotopic (exact) mass is 750 g/mol. The van der Waals surface area contributed by atoms with Gasteiger partial charge in [0.2, 0.25) is 0 Å². The van der Waals surface area contributed by atoms with Gasteiger partial charge in [0.05, 0.1) is 17.6 Å². The number of hydrogen-bond donors (Lipinski definition) is 0. The zero-order chi connectivity index (χ0) is 41.1. The molecule has 300 valence electrons. The number of rotatable bonds is 6. The average molecular weight is 750 g/mol. The van der Waals surface area contributed by atoms with Crippen LogP contribution in [-0.4, -0.2) is 83.8 Å². The maximum absolute atomic E-state index is 4.23. The van der Waals surface area contributed by atoms with Gasteiger partial charge in [0.15, 0.2) is 11.6 Å². The van der Waals surface area contributed by atoms with E-state index < -0.39 is 0 Å². The minimum atomic E-state index is 0.436. The molecule has 6 aromatic rings. The second-order valence-electron chi connectivity index (χ2n) is 14.7.